The number of carbonyl (C=O) groups is 3. The van der Waals surface area contributed by atoms with E-state index in [1.54, 1.807) is 30.3 Å². The van der Waals surface area contributed by atoms with Crippen LogP contribution in [-0.4, -0.2) is 39.6 Å². The second-order valence-corrected chi connectivity index (χ2v) is 4.62. The third-order valence-corrected chi connectivity index (χ3v) is 3.06. The Bertz CT molecular complexity index is 462. The first-order chi connectivity index (χ1) is 9.00. The lowest BCUT2D eigenvalue weighted by Crippen LogP contribution is -2.35. The molecule has 102 valence electrons. The number of thioether (sulfide) groups is 1. The quantitative estimate of drug-likeness (QED) is 0.682. The second-order valence-electron chi connectivity index (χ2n) is 3.64. The van der Waals surface area contributed by atoms with Crippen molar-refractivity contribution in [1.82, 2.24) is 5.32 Å². The Morgan fingerprint density at radius 3 is 2.26 bits per heavy atom. The van der Waals surface area contributed by atoms with E-state index in [1.165, 1.54) is 0 Å². The predicted octanol–water partition coefficient (Wildman–Crippen LogP) is 0.746. The smallest absolute Gasteiger partial charge is 0.330 e. The van der Waals surface area contributed by atoms with Crippen LogP contribution in [0.4, 0.5) is 0 Å². The summed E-state index contributed by atoms with van der Waals surface area (Å²) in [7, 11) is 0. The molecule has 1 rings (SSSR count). The predicted molar refractivity (Wildman–Crippen MR) is 69.9 cm³/mol. The Balaban J connectivity index is 2.57. The number of amides is 1. The Morgan fingerprint density at radius 1 is 1.11 bits per heavy atom. The molecular weight excluding hydrogens is 270 g/mol. The molecule has 7 heteroatoms. The molecule has 19 heavy (non-hydrogen) atoms. The van der Waals surface area contributed by atoms with Gasteiger partial charge < -0.3 is 15.5 Å². The van der Waals surface area contributed by atoms with Gasteiger partial charge in [0.2, 0.25) is 5.91 Å². The van der Waals surface area contributed by atoms with Gasteiger partial charge in [-0.25, -0.2) is 4.79 Å². The van der Waals surface area contributed by atoms with Gasteiger partial charge in [-0.1, -0.05) is 30.3 Å². The first kappa shape index (κ1) is 15.0. The van der Waals surface area contributed by atoms with Crippen LogP contribution < -0.4 is 5.32 Å². The highest BCUT2D eigenvalue weighted by molar-refractivity contribution is 8.00. The SMILES string of the molecule is O=C(O)CSCC(=O)N[C@H](C(=O)O)c1ccccc1. The van der Waals surface area contributed by atoms with E-state index < -0.39 is 23.9 Å². The fourth-order valence-corrected chi connectivity index (χ4v) is 1.91. The maximum Gasteiger partial charge on any atom is 0.330 e. The number of carboxylic acid groups (broad SMARTS) is 2. The fourth-order valence-electron chi connectivity index (χ4n) is 1.37. The van der Waals surface area contributed by atoms with E-state index in [4.69, 9.17) is 10.2 Å². The lowest BCUT2D eigenvalue weighted by atomic mass is 10.1. The van der Waals surface area contributed by atoms with Gasteiger partial charge in [0.1, 0.15) is 0 Å². The standard InChI is InChI=1S/C12H13NO5S/c14-9(6-19-7-10(15)16)13-11(12(17)18)8-4-2-1-3-5-8/h1-5,11H,6-7H2,(H,13,14)(H,15,16)(H,17,18)/t11-/m0/s1. The van der Waals surface area contributed by atoms with Crippen LogP contribution in [0.25, 0.3) is 0 Å². The molecule has 0 aliphatic heterocycles. The summed E-state index contributed by atoms with van der Waals surface area (Å²) in [4.78, 5) is 32.9. The Labute approximate surface area is 113 Å². The minimum Gasteiger partial charge on any atom is -0.481 e. The van der Waals surface area contributed by atoms with E-state index in [1.807, 2.05) is 0 Å². The van der Waals surface area contributed by atoms with Crippen LogP contribution in [0.2, 0.25) is 0 Å². The minimum atomic E-state index is -1.16. The number of carboxylic acids is 2. The topological polar surface area (TPSA) is 104 Å². The van der Waals surface area contributed by atoms with Crippen LogP contribution >= 0.6 is 11.8 Å². The molecular formula is C12H13NO5S. The van der Waals surface area contributed by atoms with Crippen molar-refractivity contribution in [3.8, 4) is 0 Å². The van der Waals surface area contributed by atoms with Crippen molar-refractivity contribution in [2.75, 3.05) is 11.5 Å². The lowest BCUT2D eigenvalue weighted by Gasteiger charge is -2.14. The molecule has 0 aliphatic carbocycles. The van der Waals surface area contributed by atoms with Gasteiger partial charge in [0.05, 0.1) is 11.5 Å². The number of carbonyl (C=O) groups excluding carboxylic acids is 1. The molecule has 3 N–H and O–H groups in total. The van der Waals surface area contributed by atoms with E-state index in [0.717, 1.165) is 11.8 Å². The van der Waals surface area contributed by atoms with Crippen LogP contribution in [0.3, 0.4) is 0 Å². The lowest BCUT2D eigenvalue weighted by molar-refractivity contribution is -0.141. The molecule has 1 aromatic carbocycles. The van der Waals surface area contributed by atoms with Gasteiger partial charge >= 0.3 is 11.9 Å². The molecule has 0 radical (unpaired) electrons. The largest absolute Gasteiger partial charge is 0.481 e. The summed E-state index contributed by atoms with van der Waals surface area (Å²) < 4.78 is 0. The Kier molecular flexibility index (Phi) is 5.87. The van der Waals surface area contributed by atoms with Crippen molar-refractivity contribution < 1.29 is 24.6 Å². The maximum absolute atomic E-state index is 11.5. The molecule has 0 saturated carbocycles. The van der Waals surface area contributed by atoms with Crippen molar-refractivity contribution in [3.63, 3.8) is 0 Å². The van der Waals surface area contributed by atoms with Gasteiger partial charge in [0.25, 0.3) is 0 Å². The molecule has 0 unspecified atom stereocenters. The third kappa shape index (κ3) is 5.43. The molecule has 0 spiro atoms. The van der Waals surface area contributed by atoms with Crippen molar-refractivity contribution in [2.24, 2.45) is 0 Å². The zero-order valence-corrected chi connectivity index (χ0v) is 10.7. The molecule has 0 saturated heterocycles. The molecule has 0 aromatic heterocycles. The van der Waals surface area contributed by atoms with E-state index in [-0.39, 0.29) is 11.5 Å². The van der Waals surface area contributed by atoms with Gasteiger partial charge in [-0.2, -0.15) is 0 Å². The normalized spacial score (nSPS) is 11.6. The number of hydrogen-bond acceptors (Lipinski definition) is 4. The number of rotatable bonds is 7. The van der Waals surface area contributed by atoms with Crippen LogP contribution in [0, 0.1) is 0 Å². The molecule has 0 fully saturated rings. The van der Waals surface area contributed by atoms with Gasteiger partial charge in [-0.15, -0.1) is 11.8 Å². The van der Waals surface area contributed by atoms with Crippen molar-refractivity contribution in [1.29, 1.82) is 0 Å². The minimum absolute atomic E-state index is 0.0943. The number of benzene rings is 1. The molecule has 0 aliphatic rings. The van der Waals surface area contributed by atoms with E-state index in [9.17, 15) is 14.4 Å². The average molecular weight is 283 g/mol. The van der Waals surface area contributed by atoms with Gasteiger partial charge in [-0.3, -0.25) is 9.59 Å². The summed E-state index contributed by atoms with van der Waals surface area (Å²) in [5, 5.41) is 19.9. The fraction of sp³-hybridized carbons (Fsp3) is 0.250. The zero-order chi connectivity index (χ0) is 14.3. The molecule has 1 aromatic rings. The monoisotopic (exact) mass is 283 g/mol. The number of nitrogens with one attached hydrogen (secondary N) is 1. The highest BCUT2D eigenvalue weighted by Gasteiger charge is 2.21. The van der Waals surface area contributed by atoms with E-state index in [2.05, 4.69) is 5.32 Å². The number of hydrogen-bond donors (Lipinski definition) is 3. The van der Waals surface area contributed by atoms with Gasteiger partial charge in [0.15, 0.2) is 6.04 Å². The summed E-state index contributed by atoms with van der Waals surface area (Å²) in [6, 6.07) is 7.17. The first-order valence-corrected chi connectivity index (χ1v) is 6.53. The Morgan fingerprint density at radius 2 is 1.74 bits per heavy atom. The van der Waals surface area contributed by atoms with Crippen molar-refractivity contribution >= 4 is 29.6 Å². The summed E-state index contributed by atoms with van der Waals surface area (Å²) in [5.74, 6) is -2.99. The van der Waals surface area contributed by atoms with Crippen LogP contribution in [0.15, 0.2) is 30.3 Å². The van der Waals surface area contributed by atoms with E-state index in [0.29, 0.717) is 5.56 Å². The van der Waals surface area contributed by atoms with Crippen LogP contribution in [0.5, 0.6) is 0 Å². The molecule has 1 amide bonds. The summed E-state index contributed by atoms with van der Waals surface area (Å²) in [5.41, 5.74) is 0.464. The highest BCUT2D eigenvalue weighted by atomic mass is 32.2. The number of aliphatic carboxylic acids is 2. The summed E-state index contributed by atoms with van der Waals surface area (Å²) in [6.07, 6.45) is 0. The summed E-state index contributed by atoms with van der Waals surface area (Å²) in [6.45, 7) is 0. The average Bonchev–Trinajstić information content (AvgIpc) is 2.36. The molecule has 6 nitrogen and oxygen atoms in total. The van der Waals surface area contributed by atoms with Crippen molar-refractivity contribution in [2.45, 2.75) is 6.04 Å². The first-order valence-electron chi connectivity index (χ1n) is 5.37. The Hall–Kier alpha value is -2.02. The zero-order valence-electron chi connectivity index (χ0n) is 9.91. The van der Waals surface area contributed by atoms with E-state index >= 15 is 0 Å². The highest BCUT2D eigenvalue weighted by Crippen LogP contribution is 2.13. The van der Waals surface area contributed by atoms with Gasteiger partial charge in [0, 0.05) is 0 Å². The van der Waals surface area contributed by atoms with Crippen LogP contribution in [-0.2, 0) is 14.4 Å². The van der Waals surface area contributed by atoms with Gasteiger partial charge in [-0.05, 0) is 5.56 Å². The molecule has 1 atom stereocenters. The maximum atomic E-state index is 11.5. The van der Waals surface area contributed by atoms with Crippen molar-refractivity contribution in [3.05, 3.63) is 35.9 Å². The summed E-state index contributed by atoms with van der Waals surface area (Å²) >= 11 is 0.914. The second kappa shape index (κ2) is 7.42. The molecule has 0 bridgehead atoms. The third-order valence-electron chi connectivity index (χ3n) is 2.14. The van der Waals surface area contributed by atoms with Crippen LogP contribution in [0.1, 0.15) is 11.6 Å². The molecule has 0 heterocycles.